The van der Waals surface area contributed by atoms with Gasteiger partial charge in [0.25, 0.3) is 0 Å². The lowest BCUT2D eigenvalue weighted by atomic mass is 10.2. The zero-order valence-corrected chi connectivity index (χ0v) is 10.7. The maximum absolute atomic E-state index is 13.1. The Hall–Kier alpha value is -1.32. The molecule has 0 saturated heterocycles. The van der Waals surface area contributed by atoms with Gasteiger partial charge in [-0.25, -0.2) is 8.78 Å². The Morgan fingerprint density at radius 3 is 2.44 bits per heavy atom. The Labute approximate surface area is 113 Å². The summed E-state index contributed by atoms with van der Waals surface area (Å²) in [5.74, 6) is -0.868. The summed E-state index contributed by atoms with van der Waals surface area (Å²) in [7, 11) is 0. The van der Waals surface area contributed by atoms with Crippen molar-refractivity contribution in [3.05, 3.63) is 63.6 Å². The normalized spacial score (nSPS) is 10.4. The number of hydrogen-bond donors (Lipinski definition) is 1. The fraction of sp³-hybridized carbons (Fsp3) is 0.0769. The van der Waals surface area contributed by atoms with Crippen molar-refractivity contribution in [1.29, 1.82) is 0 Å². The summed E-state index contributed by atoms with van der Waals surface area (Å²) in [6, 6.07) is 8.57. The Morgan fingerprint density at radius 1 is 1.00 bits per heavy atom. The van der Waals surface area contributed by atoms with E-state index in [1.54, 1.807) is 12.1 Å². The first-order valence-electron chi connectivity index (χ1n) is 5.18. The van der Waals surface area contributed by atoms with E-state index in [-0.39, 0.29) is 5.02 Å². The largest absolute Gasteiger partial charge is 0.381 e. The van der Waals surface area contributed by atoms with E-state index in [9.17, 15) is 8.78 Å². The minimum absolute atomic E-state index is 0.0391. The molecule has 1 N–H and O–H groups in total. The summed E-state index contributed by atoms with van der Waals surface area (Å²) in [5, 5.41) is 3.38. The predicted molar refractivity (Wildman–Crippen MR) is 70.1 cm³/mol. The van der Waals surface area contributed by atoms with Crippen molar-refractivity contribution in [2.75, 3.05) is 5.32 Å². The molecule has 0 aliphatic rings. The SMILES string of the molecule is Fc1cc(Cl)cc(CNc2ccc(F)c(Cl)c2)c1. The van der Waals surface area contributed by atoms with Crippen LogP contribution in [0.15, 0.2) is 36.4 Å². The van der Waals surface area contributed by atoms with Crippen LogP contribution in [0.2, 0.25) is 10.0 Å². The quantitative estimate of drug-likeness (QED) is 0.848. The summed E-state index contributed by atoms with van der Waals surface area (Å²) in [5.41, 5.74) is 1.35. The van der Waals surface area contributed by atoms with E-state index in [4.69, 9.17) is 23.2 Å². The molecule has 0 aromatic heterocycles. The van der Waals surface area contributed by atoms with Crippen molar-refractivity contribution in [3.63, 3.8) is 0 Å². The number of anilines is 1. The molecule has 0 unspecified atom stereocenters. The van der Waals surface area contributed by atoms with Crippen LogP contribution in [0.5, 0.6) is 0 Å². The van der Waals surface area contributed by atoms with Gasteiger partial charge in [0, 0.05) is 17.3 Å². The summed E-state index contributed by atoms with van der Waals surface area (Å²) >= 11 is 11.4. The number of halogens is 4. The van der Waals surface area contributed by atoms with E-state index in [1.165, 1.54) is 24.3 Å². The Balaban J connectivity index is 2.08. The van der Waals surface area contributed by atoms with Crippen molar-refractivity contribution in [2.45, 2.75) is 6.54 Å². The molecule has 0 radical (unpaired) electrons. The lowest BCUT2D eigenvalue weighted by molar-refractivity contribution is 0.626. The highest BCUT2D eigenvalue weighted by Gasteiger charge is 2.02. The molecule has 0 heterocycles. The fourth-order valence-electron chi connectivity index (χ4n) is 1.52. The highest BCUT2D eigenvalue weighted by atomic mass is 35.5. The molecule has 18 heavy (non-hydrogen) atoms. The van der Waals surface area contributed by atoms with Gasteiger partial charge < -0.3 is 5.32 Å². The van der Waals surface area contributed by atoms with Crippen molar-refractivity contribution in [1.82, 2.24) is 0 Å². The van der Waals surface area contributed by atoms with Gasteiger partial charge in [-0.1, -0.05) is 23.2 Å². The first kappa shape index (κ1) is 13.1. The molecule has 0 spiro atoms. The van der Waals surface area contributed by atoms with Gasteiger partial charge in [-0.15, -0.1) is 0 Å². The topological polar surface area (TPSA) is 12.0 Å². The first-order chi connectivity index (χ1) is 8.54. The zero-order chi connectivity index (χ0) is 13.1. The Kier molecular flexibility index (Phi) is 4.04. The van der Waals surface area contributed by atoms with Crippen LogP contribution in [-0.2, 0) is 6.54 Å². The third kappa shape index (κ3) is 3.34. The molecule has 0 aliphatic carbocycles. The molecule has 0 aliphatic heterocycles. The molecule has 0 fully saturated rings. The third-order valence-corrected chi connectivity index (χ3v) is 2.85. The Morgan fingerprint density at radius 2 is 1.78 bits per heavy atom. The molecule has 94 valence electrons. The highest BCUT2D eigenvalue weighted by molar-refractivity contribution is 6.31. The lowest BCUT2D eigenvalue weighted by Crippen LogP contribution is -2.00. The van der Waals surface area contributed by atoms with Gasteiger partial charge in [0.05, 0.1) is 5.02 Å². The second-order valence-electron chi connectivity index (χ2n) is 3.76. The third-order valence-electron chi connectivity index (χ3n) is 2.34. The fourth-order valence-corrected chi connectivity index (χ4v) is 1.95. The average molecular weight is 288 g/mol. The van der Waals surface area contributed by atoms with Crippen molar-refractivity contribution in [2.24, 2.45) is 0 Å². The highest BCUT2D eigenvalue weighted by Crippen LogP contribution is 2.20. The van der Waals surface area contributed by atoms with Crippen LogP contribution in [0.1, 0.15) is 5.56 Å². The molecular weight excluding hydrogens is 279 g/mol. The van der Waals surface area contributed by atoms with E-state index in [2.05, 4.69) is 5.32 Å². The number of nitrogens with one attached hydrogen (secondary N) is 1. The van der Waals surface area contributed by atoms with E-state index in [1.807, 2.05) is 0 Å². The van der Waals surface area contributed by atoms with Gasteiger partial charge in [0.1, 0.15) is 11.6 Å². The summed E-state index contributed by atoms with van der Waals surface area (Å²) in [6.07, 6.45) is 0. The van der Waals surface area contributed by atoms with Crippen molar-refractivity contribution < 1.29 is 8.78 Å². The van der Waals surface area contributed by atoms with Gasteiger partial charge in [0.15, 0.2) is 0 Å². The van der Waals surface area contributed by atoms with E-state index in [0.29, 0.717) is 22.8 Å². The molecule has 1 nitrogen and oxygen atoms in total. The molecule has 2 aromatic carbocycles. The van der Waals surface area contributed by atoms with Crippen LogP contribution in [-0.4, -0.2) is 0 Å². The standard InChI is InChI=1S/C13H9Cl2F2N/c14-9-3-8(4-10(16)5-9)7-18-11-1-2-13(17)12(15)6-11/h1-6,18H,7H2. The smallest absolute Gasteiger partial charge is 0.141 e. The molecule has 0 saturated carbocycles. The van der Waals surface area contributed by atoms with Crippen LogP contribution in [0, 0.1) is 11.6 Å². The van der Waals surface area contributed by atoms with Crippen molar-refractivity contribution >= 4 is 28.9 Å². The monoisotopic (exact) mass is 287 g/mol. The van der Waals surface area contributed by atoms with Crippen LogP contribution in [0.3, 0.4) is 0 Å². The second kappa shape index (κ2) is 5.55. The van der Waals surface area contributed by atoms with E-state index in [0.717, 1.165) is 0 Å². The first-order valence-corrected chi connectivity index (χ1v) is 5.94. The van der Waals surface area contributed by atoms with Crippen LogP contribution in [0.4, 0.5) is 14.5 Å². The minimum Gasteiger partial charge on any atom is -0.381 e. The predicted octanol–water partition coefficient (Wildman–Crippen LogP) is 4.88. The number of benzene rings is 2. The van der Waals surface area contributed by atoms with Crippen LogP contribution >= 0.6 is 23.2 Å². The molecular formula is C13H9Cl2F2N. The minimum atomic E-state index is -0.476. The van der Waals surface area contributed by atoms with Crippen LogP contribution < -0.4 is 5.32 Å². The van der Waals surface area contributed by atoms with Gasteiger partial charge in [-0.2, -0.15) is 0 Å². The second-order valence-corrected chi connectivity index (χ2v) is 4.60. The lowest BCUT2D eigenvalue weighted by Gasteiger charge is -2.08. The summed E-state index contributed by atoms with van der Waals surface area (Å²) < 4.78 is 26.0. The van der Waals surface area contributed by atoms with Gasteiger partial charge in [-0.05, 0) is 42.0 Å². The zero-order valence-electron chi connectivity index (χ0n) is 9.18. The van der Waals surface area contributed by atoms with E-state index >= 15 is 0 Å². The maximum Gasteiger partial charge on any atom is 0.141 e. The number of hydrogen-bond acceptors (Lipinski definition) is 1. The molecule has 0 atom stereocenters. The maximum atomic E-state index is 13.1. The molecule has 0 bridgehead atoms. The van der Waals surface area contributed by atoms with Gasteiger partial charge in [0.2, 0.25) is 0 Å². The Bertz CT molecular complexity index is 553. The van der Waals surface area contributed by atoms with Gasteiger partial charge in [-0.3, -0.25) is 0 Å². The molecule has 2 aromatic rings. The summed E-state index contributed by atoms with van der Waals surface area (Å²) in [6.45, 7) is 0.374. The molecule has 0 amide bonds. The van der Waals surface area contributed by atoms with Crippen LogP contribution in [0.25, 0.3) is 0 Å². The molecule has 5 heteroatoms. The van der Waals surface area contributed by atoms with Gasteiger partial charge >= 0.3 is 0 Å². The average Bonchev–Trinajstić information content (AvgIpc) is 2.29. The van der Waals surface area contributed by atoms with E-state index < -0.39 is 11.6 Å². The molecule has 2 rings (SSSR count). The van der Waals surface area contributed by atoms with Crippen molar-refractivity contribution in [3.8, 4) is 0 Å². The summed E-state index contributed by atoms with van der Waals surface area (Å²) in [4.78, 5) is 0. The number of rotatable bonds is 3.